The topological polar surface area (TPSA) is 298 Å². The number of benzene rings is 3. The molecule has 3 aromatic carbocycles. The van der Waals surface area contributed by atoms with Crippen LogP contribution in [0.15, 0.2) is 95.9 Å². The van der Waals surface area contributed by atoms with E-state index < -0.39 is 53.9 Å². The van der Waals surface area contributed by atoms with Gasteiger partial charge in [-0.1, -0.05) is 62.4 Å². The summed E-state index contributed by atoms with van der Waals surface area (Å²) in [4.78, 5) is 123. The smallest absolute Gasteiger partial charge is 0.417 e. The average Bonchev–Trinajstić information content (AvgIpc) is 1.66. The molecule has 4 aliphatic heterocycles. The zero-order chi connectivity index (χ0) is 65.5. The molecule has 5 aliphatic rings. The fourth-order valence-corrected chi connectivity index (χ4v) is 12.0. The number of nitrogens with one attached hydrogen (secondary N) is 4. The van der Waals surface area contributed by atoms with E-state index in [0.717, 1.165) is 37.4 Å². The van der Waals surface area contributed by atoms with Gasteiger partial charge >= 0.3 is 12.1 Å². The van der Waals surface area contributed by atoms with E-state index in [4.69, 9.17) is 36.3 Å². The Balaban J connectivity index is 0.872. The van der Waals surface area contributed by atoms with Crippen molar-refractivity contribution in [1.29, 1.82) is 0 Å². The first-order valence-electron chi connectivity index (χ1n) is 31.3. The van der Waals surface area contributed by atoms with E-state index in [9.17, 15) is 48.3 Å². The number of aliphatic hydroxyl groups excluding tert-OH is 1. The number of alkyl halides is 1. The number of carbonyl (C=O) groups is 9. The SMILES string of the molecule is COc1cc2c(cc1OCCCCCC(=O)N1C[C@@H](CCl)c3c1cc(OCC1=C/C=C=C(NC(=O)C(CCCNC(N)=O)NC(=O)[C@@H](NC(=O)CCCCCN4C(=O)C=CC4=O)C(C)C)C/C=C\1)c1ccccc31)N(C(=O)OC(C)(C)C)C(O)C1CCCN1C2=O. The normalized spacial score (nSPS) is 19.3. The lowest BCUT2D eigenvalue weighted by molar-refractivity contribution is -0.137. The van der Waals surface area contributed by atoms with Gasteiger partial charge in [-0.05, 0) is 119 Å². The third-order valence-corrected chi connectivity index (χ3v) is 16.7. The van der Waals surface area contributed by atoms with Crippen LogP contribution in [0.2, 0.25) is 0 Å². The Hall–Kier alpha value is -8.66. The van der Waals surface area contributed by atoms with Crippen molar-refractivity contribution in [3.05, 3.63) is 107 Å². The molecule has 0 saturated carbocycles. The zero-order valence-corrected chi connectivity index (χ0v) is 53.4. The Morgan fingerprint density at radius 3 is 2.29 bits per heavy atom. The van der Waals surface area contributed by atoms with Crippen LogP contribution in [0.25, 0.3) is 10.8 Å². The summed E-state index contributed by atoms with van der Waals surface area (Å²) in [6.45, 7) is 10.4. The monoisotopic (exact) mass is 1270 g/mol. The Morgan fingerprint density at radius 2 is 1.57 bits per heavy atom. The standard InChI is InChI=1S/C67H84ClN9O14/c1-41(2)60(73-55(78)27-9-7-13-32-75-57(80)29-30-58(75)81)62(83)72-48(25-17-31-70-65(69)86)61(82)71-44-21-15-19-42(20-16-22-44)40-90-52-37-51-59(46-24-12-11-23-45(46)52)43(38-68)39-76(51)56(79)28-10-8-14-34-89-54-36-50-47(35-53(54)88-6)63(84)74-33-18-26-49(74)64(85)77(50)66(87)91-67(3,4)5/h11-12,15-16,19-20,23-24,29-30,35-37,41,43,48-49,60,64,85H,7-10,13-14,17-18,21,25-28,31-34,38-40H2,1-6H3,(H,71,82)(H,72,83)(H,73,78)(H3,69,70,86)/b19-15-,42-20+/t22?,43-,48?,49?,60+,64?/m1/s1. The molecule has 0 radical (unpaired) electrons. The second-order valence-corrected chi connectivity index (χ2v) is 24.8. The second-order valence-electron chi connectivity index (χ2n) is 24.5. The average molecular weight is 1270 g/mol. The van der Waals surface area contributed by atoms with Gasteiger partial charge in [-0.25, -0.2) is 14.5 Å². The summed E-state index contributed by atoms with van der Waals surface area (Å²) >= 11 is 6.63. The molecule has 4 heterocycles. The molecule has 0 aromatic heterocycles. The number of fused-ring (bicyclic) bond motifs is 5. The van der Waals surface area contributed by atoms with Gasteiger partial charge in [0.25, 0.3) is 17.7 Å². The molecule has 24 heteroatoms. The van der Waals surface area contributed by atoms with Gasteiger partial charge in [-0.15, -0.1) is 11.6 Å². The minimum absolute atomic E-state index is 0.0650. The molecule has 5 atom stereocenters. The van der Waals surface area contributed by atoms with Crippen molar-refractivity contribution >= 4 is 87.2 Å². The molecule has 3 unspecified atom stereocenters. The number of hydrogen-bond donors (Lipinski definition) is 6. The maximum atomic E-state index is 14.2. The minimum atomic E-state index is -1.35. The quantitative estimate of drug-likeness (QED) is 0.0175. The molecule has 23 nitrogen and oxygen atoms in total. The first-order valence-corrected chi connectivity index (χ1v) is 31.8. The van der Waals surface area contributed by atoms with Crippen molar-refractivity contribution in [2.45, 2.75) is 154 Å². The lowest BCUT2D eigenvalue weighted by Crippen LogP contribution is -2.55. The first kappa shape index (κ1) is 68.3. The molecule has 7 N–H and O–H groups in total. The van der Waals surface area contributed by atoms with Gasteiger partial charge < -0.3 is 60.9 Å². The second kappa shape index (κ2) is 31.4. The number of amides is 10. The molecule has 10 amide bonds. The van der Waals surface area contributed by atoms with Crippen LogP contribution in [0.5, 0.6) is 17.2 Å². The summed E-state index contributed by atoms with van der Waals surface area (Å²) in [5, 5.41) is 24.4. The number of rotatable bonds is 28. The van der Waals surface area contributed by atoms with E-state index in [2.05, 4.69) is 27.0 Å². The van der Waals surface area contributed by atoms with Crippen LogP contribution < -0.4 is 51.0 Å². The van der Waals surface area contributed by atoms with E-state index in [1.807, 2.05) is 42.5 Å². The molecule has 3 aromatic rings. The van der Waals surface area contributed by atoms with Gasteiger partial charge in [-0.3, -0.25) is 38.5 Å². The number of methoxy groups -OCH3 is 1. The number of primary amides is 1. The summed E-state index contributed by atoms with van der Waals surface area (Å²) in [5.41, 5.74) is 10.8. The van der Waals surface area contributed by atoms with Gasteiger partial charge in [-0.2, -0.15) is 0 Å². The van der Waals surface area contributed by atoms with Gasteiger partial charge in [0.05, 0.1) is 42.4 Å². The van der Waals surface area contributed by atoms with Crippen LogP contribution in [0.1, 0.15) is 140 Å². The number of unbranched alkanes of at least 4 members (excludes halogenated alkanes) is 4. The maximum Gasteiger partial charge on any atom is 0.417 e. The number of hydrogen-bond acceptors (Lipinski definition) is 14. The number of anilines is 2. The van der Waals surface area contributed by atoms with Crippen LogP contribution in [-0.4, -0.2) is 151 Å². The lowest BCUT2D eigenvalue weighted by Gasteiger charge is -2.33. The molecule has 8 rings (SSSR count). The number of aliphatic hydroxyl groups is 1. The molecule has 1 aliphatic carbocycles. The minimum Gasteiger partial charge on any atom is -0.493 e. The number of carbonyl (C=O) groups excluding carboxylic acids is 9. The first-order chi connectivity index (χ1) is 43.6. The van der Waals surface area contributed by atoms with Crippen molar-refractivity contribution in [3.63, 3.8) is 0 Å². The van der Waals surface area contributed by atoms with E-state index in [-0.39, 0.29) is 110 Å². The van der Waals surface area contributed by atoms with Crippen LogP contribution in [0, 0.1) is 5.92 Å². The van der Waals surface area contributed by atoms with E-state index in [1.54, 1.807) is 68.7 Å². The third-order valence-electron chi connectivity index (χ3n) is 16.4. The fraction of sp³-hybridized carbons (Fsp3) is 0.493. The number of imide groups is 1. The predicted molar refractivity (Wildman–Crippen MR) is 342 cm³/mol. The molecule has 488 valence electrons. The number of allylic oxidation sites excluding steroid dienone is 2. The lowest BCUT2D eigenvalue weighted by atomic mass is 9.95. The zero-order valence-electron chi connectivity index (χ0n) is 52.6. The largest absolute Gasteiger partial charge is 0.493 e. The van der Waals surface area contributed by atoms with Gasteiger partial charge in [0.2, 0.25) is 23.6 Å². The molecular formula is C67H84ClN9O14. The third kappa shape index (κ3) is 17.4. The Bertz CT molecular complexity index is 3400. The van der Waals surface area contributed by atoms with E-state index in [1.165, 1.54) is 19.3 Å². The van der Waals surface area contributed by atoms with Crippen LogP contribution in [0.3, 0.4) is 0 Å². The number of halogens is 1. The summed E-state index contributed by atoms with van der Waals surface area (Å²) in [5.74, 6) is -1.59. The summed E-state index contributed by atoms with van der Waals surface area (Å²) in [6, 6.07) is 9.48. The van der Waals surface area contributed by atoms with Crippen LogP contribution in [0.4, 0.5) is 21.0 Å². The van der Waals surface area contributed by atoms with Crippen molar-refractivity contribution in [2.75, 3.05) is 62.2 Å². The Kier molecular flexibility index (Phi) is 23.5. The number of urea groups is 1. The van der Waals surface area contributed by atoms with Crippen molar-refractivity contribution in [1.82, 2.24) is 31.1 Å². The van der Waals surface area contributed by atoms with Crippen LogP contribution in [-0.2, 0) is 33.5 Å². The summed E-state index contributed by atoms with van der Waals surface area (Å²) < 4.78 is 24.2. The van der Waals surface area contributed by atoms with Gasteiger partial charge in [0, 0.05) is 86.9 Å². The molecule has 0 spiro atoms. The number of nitrogens with zero attached hydrogens (tertiary/aromatic N) is 4. The van der Waals surface area contributed by atoms with Crippen molar-refractivity contribution in [2.24, 2.45) is 11.7 Å². The molecular weight excluding hydrogens is 1190 g/mol. The van der Waals surface area contributed by atoms with Gasteiger partial charge in [0.15, 0.2) is 17.7 Å². The highest BCUT2D eigenvalue weighted by molar-refractivity contribution is 6.19. The number of nitrogens with two attached hydrogens (primary N) is 1. The van der Waals surface area contributed by atoms with Crippen LogP contribution >= 0.6 is 11.6 Å². The summed E-state index contributed by atoms with van der Waals surface area (Å²) in [6.07, 6.45) is 13.1. The van der Waals surface area contributed by atoms with Crippen molar-refractivity contribution < 1.29 is 67.2 Å². The maximum absolute atomic E-state index is 14.2. The molecule has 0 bridgehead atoms. The highest BCUT2D eigenvalue weighted by Gasteiger charge is 2.46. The highest BCUT2D eigenvalue weighted by Crippen LogP contribution is 2.46. The van der Waals surface area contributed by atoms with E-state index in [0.29, 0.717) is 94.0 Å². The molecule has 91 heavy (non-hydrogen) atoms. The van der Waals surface area contributed by atoms with E-state index >= 15 is 0 Å². The predicted octanol–water partition coefficient (Wildman–Crippen LogP) is 7.81. The highest BCUT2D eigenvalue weighted by atomic mass is 35.5. The summed E-state index contributed by atoms with van der Waals surface area (Å²) in [7, 11) is 1.47. The van der Waals surface area contributed by atoms with Crippen molar-refractivity contribution in [3.8, 4) is 17.2 Å². The molecule has 1 saturated heterocycles. The Morgan fingerprint density at radius 1 is 0.846 bits per heavy atom. The van der Waals surface area contributed by atoms with Gasteiger partial charge in [0.1, 0.15) is 30.0 Å². The number of ether oxygens (including phenoxy) is 4. The molecule has 1 fully saturated rings. The Labute approximate surface area is 535 Å². The fourth-order valence-electron chi connectivity index (χ4n) is 11.8.